The predicted molar refractivity (Wildman–Crippen MR) is 124 cm³/mol. The van der Waals surface area contributed by atoms with Crippen LogP contribution in [-0.4, -0.2) is 0 Å². The van der Waals surface area contributed by atoms with Crippen LogP contribution in [0.15, 0.2) is 109 Å². The molecule has 0 aliphatic carbocycles. The summed E-state index contributed by atoms with van der Waals surface area (Å²) in [5.41, 5.74) is 20.7. The van der Waals surface area contributed by atoms with Crippen LogP contribution in [0.4, 0.5) is 5.69 Å². The molecule has 0 atom stereocenters. The zero-order chi connectivity index (χ0) is 20.1. The molecular formula is C27H24N2. The molecule has 0 heterocycles. The summed E-state index contributed by atoms with van der Waals surface area (Å²) in [5, 5.41) is 0. The molecule has 2 heteroatoms. The zero-order valence-electron chi connectivity index (χ0n) is 16.3. The number of rotatable bonds is 5. The van der Waals surface area contributed by atoms with Crippen molar-refractivity contribution in [3.63, 3.8) is 0 Å². The molecule has 0 amide bonds. The Morgan fingerprint density at radius 3 is 1.90 bits per heavy atom. The zero-order valence-corrected chi connectivity index (χ0v) is 16.3. The fraction of sp³-hybridized carbons (Fsp3) is 0.0370. The molecule has 0 unspecified atom stereocenters. The van der Waals surface area contributed by atoms with Crippen molar-refractivity contribution in [2.75, 3.05) is 5.73 Å². The Labute approximate surface area is 172 Å². The van der Waals surface area contributed by atoms with Crippen LogP contribution in [-0.2, 0) is 6.42 Å². The van der Waals surface area contributed by atoms with E-state index < -0.39 is 0 Å². The first-order valence-electron chi connectivity index (χ1n) is 9.75. The van der Waals surface area contributed by atoms with E-state index in [2.05, 4.69) is 84.9 Å². The molecule has 0 bridgehead atoms. The smallest absolute Gasteiger partial charge is 0.0350 e. The number of hydrogen-bond donors (Lipinski definition) is 2. The Bertz CT molecular complexity index is 1110. The second-order valence-electron chi connectivity index (χ2n) is 7.13. The molecule has 4 N–H and O–H groups in total. The number of benzene rings is 4. The van der Waals surface area contributed by atoms with Gasteiger partial charge in [-0.1, -0.05) is 97.1 Å². The molecule has 0 aliphatic rings. The Hall–Kier alpha value is -3.78. The Morgan fingerprint density at radius 1 is 0.621 bits per heavy atom. The third-order valence-electron chi connectivity index (χ3n) is 5.06. The van der Waals surface area contributed by atoms with E-state index in [1.807, 2.05) is 24.3 Å². The Balaban J connectivity index is 1.45. The van der Waals surface area contributed by atoms with Crippen molar-refractivity contribution in [3.05, 3.63) is 120 Å². The molecule has 0 aromatic heterocycles. The lowest BCUT2D eigenvalue weighted by Crippen LogP contribution is -1.97. The van der Waals surface area contributed by atoms with E-state index in [1.54, 1.807) is 0 Å². The molecule has 0 saturated heterocycles. The summed E-state index contributed by atoms with van der Waals surface area (Å²) in [4.78, 5) is 0. The summed E-state index contributed by atoms with van der Waals surface area (Å²) in [6.07, 6.45) is 2.88. The van der Waals surface area contributed by atoms with Crippen molar-refractivity contribution in [2.45, 2.75) is 6.42 Å². The minimum absolute atomic E-state index is 0.768. The number of nitrogens with two attached hydrogens (primary N) is 2. The fourth-order valence-corrected chi connectivity index (χ4v) is 3.38. The fourth-order valence-electron chi connectivity index (χ4n) is 3.38. The number of nitrogen functional groups attached to an aromatic ring is 1. The molecule has 4 aromatic carbocycles. The van der Waals surface area contributed by atoms with E-state index in [4.69, 9.17) is 11.5 Å². The molecule has 142 valence electrons. The lowest BCUT2D eigenvalue weighted by molar-refractivity contribution is 1.26. The highest BCUT2D eigenvalue weighted by Gasteiger charge is 2.02. The van der Waals surface area contributed by atoms with E-state index in [-0.39, 0.29) is 0 Å². The Kier molecular flexibility index (Phi) is 5.44. The third kappa shape index (κ3) is 4.56. The highest BCUT2D eigenvalue weighted by molar-refractivity contribution is 5.71. The van der Waals surface area contributed by atoms with Crippen LogP contribution >= 0.6 is 0 Å². The molecule has 0 saturated carbocycles. The normalized spacial score (nSPS) is 11.4. The molecule has 0 aliphatic heterocycles. The van der Waals surface area contributed by atoms with Crippen LogP contribution in [0.1, 0.15) is 11.1 Å². The van der Waals surface area contributed by atoms with Crippen LogP contribution in [0.2, 0.25) is 0 Å². The average molecular weight is 377 g/mol. The summed E-state index contributed by atoms with van der Waals surface area (Å²) < 4.78 is 0. The molecule has 4 aromatic rings. The Morgan fingerprint density at radius 2 is 1.21 bits per heavy atom. The predicted octanol–water partition coefficient (Wildman–Crippen LogP) is 6.15. The van der Waals surface area contributed by atoms with Gasteiger partial charge in [-0.15, -0.1) is 0 Å². The van der Waals surface area contributed by atoms with Crippen molar-refractivity contribution in [1.82, 2.24) is 0 Å². The first kappa shape index (κ1) is 18.6. The molecule has 0 fully saturated rings. The van der Waals surface area contributed by atoms with E-state index >= 15 is 0 Å². The van der Waals surface area contributed by atoms with Crippen molar-refractivity contribution in [2.24, 2.45) is 5.73 Å². The maximum atomic E-state index is 6.32. The summed E-state index contributed by atoms with van der Waals surface area (Å²) >= 11 is 0. The van der Waals surface area contributed by atoms with Gasteiger partial charge in [0, 0.05) is 11.4 Å². The molecule has 29 heavy (non-hydrogen) atoms. The first-order valence-corrected chi connectivity index (χ1v) is 9.75. The van der Waals surface area contributed by atoms with Gasteiger partial charge in [-0.25, -0.2) is 0 Å². The second kappa shape index (κ2) is 8.49. The molecule has 2 nitrogen and oxygen atoms in total. The van der Waals surface area contributed by atoms with Gasteiger partial charge in [0.15, 0.2) is 0 Å². The monoisotopic (exact) mass is 376 g/mol. The largest absolute Gasteiger partial charge is 0.399 e. The third-order valence-corrected chi connectivity index (χ3v) is 5.06. The first-order chi connectivity index (χ1) is 14.2. The van der Waals surface area contributed by atoms with Crippen molar-refractivity contribution >= 4 is 11.4 Å². The summed E-state index contributed by atoms with van der Waals surface area (Å²) in [5.74, 6) is 0. The van der Waals surface area contributed by atoms with E-state index in [1.165, 1.54) is 16.7 Å². The van der Waals surface area contributed by atoms with Crippen LogP contribution in [0, 0.1) is 0 Å². The van der Waals surface area contributed by atoms with Gasteiger partial charge in [-0.2, -0.15) is 0 Å². The van der Waals surface area contributed by atoms with E-state index in [0.29, 0.717) is 0 Å². The van der Waals surface area contributed by atoms with E-state index in [9.17, 15) is 0 Å². The molecule has 4 rings (SSSR count). The lowest BCUT2D eigenvalue weighted by Gasteiger charge is -2.07. The van der Waals surface area contributed by atoms with Crippen LogP contribution in [0.25, 0.3) is 28.0 Å². The highest BCUT2D eigenvalue weighted by atomic mass is 14.6. The van der Waals surface area contributed by atoms with Gasteiger partial charge >= 0.3 is 0 Å². The SMILES string of the molecule is N/C(=C\Cc1ccc(-c2ccccc2)cc1)c1ccc(-c2cccc(N)c2)cc1. The van der Waals surface area contributed by atoms with Gasteiger partial charge in [-0.05, 0) is 51.9 Å². The standard InChI is InChI=1S/C27H24N2/c28-26-8-4-7-25(19-26)23-14-16-24(17-15-23)27(29)18-11-20-9-12-22(13-10-20)21-5-2-1-3-6-21/h1-10,12-19H,11,28-29H2/b27-18-. The maximum absolute atomic E-state index is 6.32. The number of allylic oxidation sites excluding steroid dienone is 1. The topological polar surface area (TPSA) is 52.0 Å². The van der Waals surface area contributed by atoms with Gasteiger partial charge in [0.05, 0.1) is 0 Å². The number of anilines is 1. The van der Waals surface area contributed by atoms with Gasteiger partial charge < -0.3 is 11.5 Å². The lowest BCUT2D eigenvalue weighted by atomic mass is 10.0. The van der Waals surface area contributed by atoms with Crippen molar-refractivity contribution in [1.29, 1.82) is 0 Å². The van der Waals surface area contributed by atoms with Crippen LogP contribution < -0.4 is 11.5 Å². The van der Waals surface area contributed by atoms with Gasteiger partial charge in [0.1, 0.15) is 0 Å². The second-order valence-corrected chi connectivity index (χ2v) is 7.13. The molecular weight excluding hydrogens is 352 g/mol. The maximum Gasteiger partial charge on any atom is 0.0350 e. The quantitative estimate of drug-likeness (QED) is 0.411. The molecule has 0 radical (unpaired) electrons. The summed E-state index contributed by atoms with van der Waals surface area (Å²) in [6, 6.07) is 35.2. The average Bonchev–Trinajstić information content (AvgIpc) is 2.78. The van der Waals surface area contributed by atoms with Crippen LogP contribution in [0.3, 0.4) is 0 Å². The highest BCUT2D eigenvalue weighted by Crippen LogP contribution is 2.23. The molecule has 0 spiro atoms. The van der Waals surface area contributed by atoms with E-state index in [0.717, 1.165) is 34.5 Å². The summed E-state index contributed by atoms with van der Waals surface area (Å²) in [7, 11) is 0. The van der Waals surface area contributed by atoms with Crippen molar-refractivity contribution in [3.8, 4) is 22.3 Å². The van der Waals surface area contributed by atoms with Crippen molar-refractivity contribution < 1.29 is 0 Å². The summed E-state index contributed by atoms with van der Waals surface area (Å²) in [6.45, 7) is 0. The number of hydrogen-bond acceptors (Lipinski definition) is 2. The van der Waals surface area contributed by atoms with Gasteiger partial charge in [-0.3, -0.25) is 0 Å². The van der Waals surface area contributed by atoms with Crippen LogP contribution in [0.5, 0.6) is 0 Å². The minimum atomic E-state index is 0.768. The minimum Gasteiger partial charge on any atom is -0.399 e. The van der Waals surface area contributed by atoms with Gasteiger partial charge in [0.2, 0.25) is 0 Å². The van der Waals surface area contributed by atoms with Gasteiger partial charge in [0.25, 0.3) is 0 Å².